The quantitative estimate of drug-likeness (QED) is 0.877. The van der Waals surface area contributed by atoms with Gasteiger partial charge in [0.15, 0.2) is 0 Å². The third-order valence-electron chi connectivity index (χ3n) is 2.77. The predicted molar refractivity (Wildman–Crippen MR) is 76.5 cm³/mol. The number of aromatic nitrogens is 1. The van der Waals surface area contributed by atoms with Crippen LogP contribution in [-0.4, -0.2) is 29.1 Å². The minimum atomic E-state index is -0.893. The molecule has 1 amide bonds. The molecule has 0 saturated heterocycles. The first-order chi connectivity index (χ1) is 10.1. The van der Waals surface area contributed by atoms with Crippen molar-refractivity contribution < 1.29 is 19.4 Å². The average molecular weight is 286 g/mol. The van der Waals surface area contributed by atoms with E-state index in [4.69, 9.17) is 9.84 Å². The van der Waals surface area contributed by atoms with Crippen molar-refractivity contribution in [2.75, 3.05) is 12.4 Å². The second kappa shape index (κ2) is 6.51. The maximum Gasteiger partial charge on any atom is 0.307 e. The summed E-state index contributed by atoms with van der Waals surface area (Å²) in [5, 5.41) is 11.4. The zero-order valence-electron chi connectivity index (χ0n) is 11.4. The molecule has 0 aliphatic carbocycles. The lowest BCUT2D eigenvalue weighted by Gasteiger charge is -2.06. The zero-order chi connectivity index (χ0) is 15.2. The first-order valence-corrected chi connectivity index (χ1v) is 6.20. The topological polar surface area (TPSA) is 88.5 Å². The fourth-order valence-electron chi connectivity index (χ4n) is 1.72. The van der Waals surface area contributed by atoms with Crippen LogP contribution in [0, 0.1) is 0 Å². The van der Waals surface area contributed by atoms with Crippen molar-refractivity contribution in [3.05, 3.63) is 53.7 Å². The number of rotatable bonds is 5. The normalized spacial score (nSPS) is 9.95. The van der Waals surface area contributed by atoms with Crippen LogP contribution in [0.4, 0.5) is 5.69 Å². The van der Waals surface area contributed by atoms with Crippen LogP contribution >= 0.6 is 0 Å². The third-order valence-corrected chi connectivity index (χ3v) is 2.77. The van der Waals surface area contributed by atoms with Crippen LogP contribution in [0.1, 0.15) is 15.9 Å². The highest BCUT2D eigenvalue weighted by molar-refractivity contribution is 6.04. The van der Waals surface area contributed by atoms with Crippen molar-refractivity contribution in [3.8, 4) is 5.88 Å². The predicted octanol–water partition coefficient (Wildman–Crippen LogP) is 1.97. The van der Waals surface area contributed by atoms with Gasteiger partial charge >= 0.3 is 5.97 Å². The number of nitrogens with one attached hydrogen (secondary N) is 1. The number of benzene rings is 1. The maximum absolute atomic E-state index is 12.0. The Morgan fingerprint density at radius 2 is 1.90 bits per heavy atom. The summed E-state index contributed by atoms with van der Waals surface area (Å²) in [6.07, 6.45) is 1.38. The molecule has 6 nitrogen and oxygen atoms in total. The third kappa shape index (κ3) is 4.04. The van der Waals surface area contributed by atoms with E-state index < -0.39 is 5.97 Å². The van der Waals surface area contributed by atoms with Gasteiger partial charge in [-0.1, -0.05) is 12.1 Å². The van der Waals surface area contributed by atoms with Gasteiger partial charge in [0.25, 0.3) is 5.91 Å². The molecule has 2 N–H and O–H groups in total. The summed E-state index contributed by atoms with van der Waals surface area (Å²) in [6.45, 7) is 0. The van der Waals surface area contributed by atoms with Gasteiger partial charge in [0.05, 0.1) is 19.1 Å². The van der Waals surface area contributed by atoms with E-state index in [1.807, 2.05) is 0 Å². The van der Waals surface area contributed by atoms with Gasteiger partial charge in [-0.25, -0.2) is 4.98 Å². The molecule has 0 radical (unpaired) electrons. The minimum Gasteiger partial charge on any atom is -0.481 e. The Kier molecular flexibility index (Phi) is 4.50. The Labute approximate surface area is 121 Å². The number of ether oxygens (including phenoxy) is 1. The van der Waals surface area contributed by atoms with Crippen LogP contribution in [-0.2, 0) is 11.2 Å². The van der Waals surface area contributed by atoms with Gasteiger partial charge in [-0.15, -0.1) is 0 Å². The van der Waals surface area contributed by atoms with Crippen LogP contribution in [0.2, 0.25) is 0 Å². The van der Waals surface area contributed by atoms with Crippen molar-refractivity contribution in [2.45, 2.75) is 6.42 Å². The largest absolute Gasteiger partial charge is 0.481 e. The molecule has 2 rings (SSSR count). The van der Waals surface area contributed by atoms with Crippen LogP contribution in [0.3, 0.4) is 0 Å². The fourth-order valence-corrected chi connectivity index (χ4v) is 1.72. The number of carboxylic acids is 1. The van der Waals surface area contributed by atoms with Crippen molar-refractivity contribution in [2.24, 2.45) is 0 Å². The van der Waals surface area contributed by atoms with Gasteiger partial charge in [-0.3, -0.25) is 9.59 Å². The van der Waals surface area contributed by atoms with Crippen LogP contribution in [0.15, 0.2) is 42.6 Å². The SMILES string of the molecule is COc1ccc(C(=O)Nc2ccc(CC(=O)O)cc2)cn1. The maximum atomic E-state index is 12.0. The van der Waals surface area contributed by atoms with E-state index >= 15 is 0 Å². The fraction of sp³-hybridized carbons (Fsp3) is 0.133. The minimum absolute atomic E-state index is 0.0450. The first kappa shape index (κ1) is 14.5. The van der Waals surface area contributed by atoms with Gasteiger partial charge < -0.3 is 15.2 Å². The van der Waals surface area contributed by atoms with E-state index in [1.165, 1.54) is 13.3 Å². The number of aliphatic carboxylic acids is 1. The molecule has 1 aromatic heterocycles. The second-order valence-electron chi connectivity index (χ2n) is 4.31. The zero-order valence-corrected chi connectivity index (χ0v) is 11.4. The molecule has 0 aliphatic heterocycles. The van der Waals surface area contributed by atoms with E-state index in [1.54, 1.807) is 36.4 Å². The number of carboxylic acid groups (broad SMARTS) is 1. The molecule has 1 aromatic carbocycles. The molecule has 6 heteroatoms. The first-order valence-electron chi connectivity index (χ1n) is 6.20. The average Bonchev–Trinajstić information content (AvgIpc) is 2.49. The smallest absolute Gasteiger partial charge is 0.307 e. The van der Waals surface area contributed by atoms with E-state index in [9.17, 15) is 9.59 Å². The number of pyridine rings is 1. The summed E-state index contributed by atoms with van der Waals surface area (Å²) >= 11 is 0. The van der Waals surface area contributed by atoms with Gasteiger partial charge in [0.1, 0.15) is 0 Å². The number of amides is 1. The molecule has 0 fully saturated rings. The highest BCUT2D eigenvalue weighted by atomic mass is 16.5. The summed E-state index contributed by atoms with van der Waals surface area (Å²) in [7, 11) is 1.50. The standard InChI is InChI=1S/C15H14N2O4/c1-21-13-7-4-11(9-16-13)15(20)17-12-5-2-10(3-6-12)8-14(18)19/h2-7,9H,8H2,1H3,(H,17,20)(H,18,19). The molecule has 2 aromatic rings. The van der Waals surface area contributed by atoms with E-state index in [2.05, 4.69) is 10.3 Å². The Morgan fingerprint density at radius 1 is 1.19 bits per heavy atom. The summed E-state index contributed by atoms with van der Waals surface area (Å²) in [5.41, 5.74) is 1.67. The van der Waals surface area contributed by atoms with Gasteiger partial charge in [0.2, 0.25) is 5.88 Å². The lowest BCUT2D eigenvalue weighted by Crippen LogP contribution is -2.12. The Bertz CT molecular complexity index is 636. The molecule has 0 saturated carbocycles. The van der Waals surface area contributed by atoms with Crippen molar-refractivity contribution in [1.29, 1.82) is 0 Å². The number of hydrogen-bond donors (Lipinski definition) is 2. The Balaban J connectivity index is 2.03. The van der Waals surface area contributed by atoms with Gasteiger partial charge in [0, 0.05) is 18.0 Å². The van der Waals surface area contributed by atoms with Gasteiger partial charge in [-0.05, 0) is 23.8 Å². The lowest BCUT2D eigenvalue weighted by atomic mass is 10.1. The van der Waals surface area contributed by atoms with E-state index in [0.717, 1.165) is 0 Å². The molecule has 0 bridgehead atoms. The molecular formula is C15H14N2O4. The molecule has 108 valence electrons. The highest BCUT2D eigenvalue weighted by Gasteiger charge is 2.07. The number of carbonyl (C=O) groups is 2. The van der Waals surface area contributed by atoms with Crippen molar-refractivity contribution in [1.82, 2.24) is 4.98 Å². The highest BCUT2D eigenvalue weighted by Crippen LogP contribution is 2.13. The summed E-state index contributed by atoms with van der Waals surface area (Å²) in [6, 6.07) is 9.86. The van der Waals surface area contributed by atoms with E-state index in [0.29, 0.717) is 22.7 Å². The Hall–Kier alpha value is -2.89. The number of anilines is 1. The molecule has 0 unspecified atom stereocenters. The Morgan fingerprint density at radius 3 is 2.43 bits per heavy atom. The van der Waals surface area contributed by atoms with Crippen LogP contribution in [0.5, 0.6) is 5.88 Å². The number of methoxy groups -OCH3 is 1. The number of carbonyl (C=O) groups excluding carboxylic acids is 1. The van der Waals surface area contributed by atoms with Crippen LogP contribution < -0.4 is 10.1 Å². The summed E-state index contributed by atoms with van der Waals surface area (Å²) in [4.78, 5) is 26.5. The molecule has 0 spiro atoms. The summed E-state index contributed by atoms with van der Waals surface area (Å²) < 4.78 is 4.92. The second-order valence-corrected chi connectivity index (χ2v) is 4.31. The molecular weight excluding hydrogens is 272 g/mol. The molecule has 0 atom stereocenters. The number of hydrogen-bond acceptors (Lipinski definition) is 4. The van der Waals surface area contributed by atoms with Crippen molar-refractivity contribution in [3.63, 3.8) is 0 Å². The monoisotopic (exact) mass is 286 g/mol. The number of nitrogens with zero attached hydrogens (tertiary/aromatic N) is 1. The molecule has 21 heavy (non-hydrogen) atoms. The van der Waals surface area contributed by atoms with Crippen molar-refractivity contribution >= 4 is 17.6 Å². The van der Waals surface area contributed by atoms with Crippen LogP contribution in [0.25, 0.3) is 0 Å². The van der Waals surface area contributed by atoms with Gasteiger partial charge in [-0.2, -0.15) is 0 Å². The molecule has 1 heterocycles. The van der Waals surface area contributed by atoms with E-state index in [-0.39, 0.29) is 12.3 Å². The lowest BCUT2D eigenvalue weighted by molar-refractivity contribution is -0.136. The molecule has 0 aliphatic rings. The summed E-state index contributed by atoms with van der Waals surface area (Å²) in [5.74, 6) is -0.753.